The summed E-state index contributed by atoms with van der Waals surface area (Å²) < 4.78 is 5.38. The number of carbonyl (C=O) groups excluding carboxylic acids is 2. The Hall–Kier alpha value is -3.67. The van der Waals surface area contributed by atoms with Crippen molar-refractivity contribution in [2.75, 3.05) is 7.11 Å². The molecular formula is C22H21N3O3. The Bertz CT molecular complexity index is 1020. The van der Waals surface area contributed by atoms with Crippen LogP contribution in [0.15, 0.2) is 71.8 Å². The molecule has 1 atom stereocenters. The van der Waals surface area contributed by atoms with E-state index in [1.54, 1.807) is 7.11 Å². The van der Waals surface area contributed by atoms with Gasteiger partial charge in [-0.3, -0.25) is 9.59 Å². The van der Waals surface area contributed by atoms with Crippen LogP contribution >= 0.6 is 0 Å². The maximum absolute atomic E-state index is 12.1. The maximum Gasteiger partial charge on any atom is 0.329 e. The number of carbonyl (C=O) groups is 2. The van der Waals surface area contributed by atoms with Gasteiger partial charge in [-0.25, -0.2) is 5.43 Å². The predicted molar refractivity (Wildman–Crippen MR) is 109 cm³/mol. The molecule has 28 heavy (non-hydrogen) atoms. The van der Waals surface area contributed by atoms with Gasteiger partial charge in [0.05, 0.1) is 19.4 Å². The molecule has 3 rings (SSSR count). The normalized spacial score (nSPS) is 11.9. The summed E-state index contributed by atoms with van der Waals surface area (Å²) in [6, 6.07) is 20.7. The van der Waals surface area contributed by atoms with Gasteiger partial charge >= 0.3 is 11.8 Å². The molecule has 0 aliphatic heterocycles. The molecule has 6 nitrogen and oxygen atoms in total. The van der Waals surface area contributed by atoms with Gasteiger partial charge in [0.1, 0.15) is 5.75 Å². The van der Waals surface area contributed by atoms with Crippen LogP contribution in [-0.2, 0) is 9.59 Å². The van der Waals surface area contributed by atoms with Gasteiger partial charge < -0.3 is 10.1 Å². The van der Waals surface area contributed by atoms with Gasteiger partial charge in [0.2, 0.25) is 0 Å². The summed E-state index contributed by atoms with van der Waals surface area (Å²) >= 11 is 0. The Morgan fingerprint density at radius 2 is 1.68 bits per heavy atom. The molecule has 0 bridgehead atoms. The zero-order chi connectivity index (χ0) is 19.9. The SMILES string of the molecule is COc1ccc2ccccc2c1/C=N\NC(=O)C(=O)N[C@H](C)c1ccccc1. The van der Waals surface area contributed by atoms with Gasteiger partial charge in [0.25, 0.3) is 0 Å². The van der Waals surface area contributed by atoms with Crippen molar-refractivity contribution in [1.29, 1.82) is 0 Å². The number of ether oxygens (including phenoxy) is 1. The molecule has 0 spiro atoms. The monoisotopic (exact) mass is 375 g/mol. The molecule has 6 heteroatoms. The van der Waals surface area contributed by atoms with E-state index in [-0.39, 0.29) is 6.04 Å². The van der Waals surface area contributed by atoms with Crippen LogP contribution in [0.2, 0.25) is 0 Å². The van der Waals surface area contributed by atoms with Crippen molar-refractivity contribution in [3.8, 4) is 5.75 Å². The zero-order valence-corrected chi connectivity index (χ0v) is 15.7. The Balaban J connectivity index is 1.68. The molecule has 0 fully saturated rings. The highest BCUT2D eigenvalue weighted by Gasteiger charge is 2.16. The molecule has 2 N–H and O–H groups in total. The second-order valence-corrected chi connectivity index (χ2v) is 6.21. The minimum atomic E-state index is -0.835. The number of nitrogens with zero attached hydrogens (tertiary/aromatic N) is 1. The molecule has 0 saturated heterocycles. The summed E-state index contributed by atoms with van der Waals surface area (Å²) in [5.41, 5.74) is 3.90. The zero-order valence-electron chi connectivity index (χ0n) is 15.7. The predicted octanol–water partition coefficient (Wildman–Crippen LogP) is 3.18. The summed E-state index contributed by atoms with van der Waals surface area (Å²) in [4.78, 5) is 24.1. The molecule has 0 unspecified atom stereocenters. The van der Waals surface area contributed by atoms with Gasteiger partial charge in [0.15, 0.2) is 0 Å². The number of methoxy groups -OCH3 is 1. The molecule has 0 saturated carbocycles. The smallest absolute Gasteiger partial charge is 0.329 e. The highest BCUT2D eigenvalue weighted by Crippen LogP contribution is 2.26. The van der Waals surface area contributed by atoms with Gasteiger partial charge in [-0.15, -0.1) is 0 Å². The topological polar surface area (TPSA) is 79.8 Å². The van der Waals surface area contributed by atoms with Crippen molar-refractivity contribution >= 4 is 28.8 Å². The number of rotatable bonds is 5. The number of hydrogen-bond donors (Lipinski definition) is 2. The van der Waals surface area contributed by atoms with Crippen LogP contribution < -0.4 is 15.5 Å². The van der Waals surface area contributed by atoms with Crippen LogP contribution in [0.25, 0.3) is 10.8 Å². The number of amides is 2. The average molecular weight is 375 g/mol. The standard InChI is InChI=1S/C22H21N3O3/c1-15(16-8-4-3-5-9-16)24-21(26)22(27)25-23-14-19-18-11-7-6-10-17(18)12-13-20(19)28-2/h3-15H,1-2H3,(H,24,26)(H,25,27)/b23-14-/t15-/m1/s1. The average Bonchev–Trinajstić information content (AvgIpc) is 2.74. The number of hydrazone groups is 1. The second kappa shape index (κ2) is 8.81. The maximum atomic E-state index is 12.1. The summed E-state index contributed by atoms with van der Waals surface area (Å²) in [6.45, 7) is 1.81. The second-order valence-electron chi connectivity index (χ2n) is 6.21. The number of nitrogens with one attached hydrogen (secondary N) is 2. The van der Waals surface area contributed by atoms with Crippen molar-refractivity contribution in [3.63, 3.8) is 0 Å². The van der Waals surface area contributed by atoms with Gasteiger partial charge in [0, 0.05) is 5.56 Å². The first-order valence-corrected chi connectivity index (χ1v) is 8.84. The van der Waals surface area contributed by atoms with E-state index in [0.29, 0.717) is 5.75 Å². The molecule has 0 aliphatic rings. The highest BCUT2D eigenvalue weighted by atomic mass is 16.5. The van der Waals surface area contributed by atoms with E-state index in [9.17, 15) is 9.59 Å². The van der Waals surface area contributed by atoms with E-state index in [2.05, 4.69) is 15.8 Å². The fourth-order valence-electron chi connectivity index (χ4n) is 2.88. The van der Waals surface area contributed by atoms with Crippen LogP contribution in [0.1, 0.15) is 24.1 Å². The molecule has 3 aromatic rings. The fraction of sp³-hybridized carbons (Fsp3) is 0.136. The fourth-order valence-corrected chi connectivity index (χ4v) is 2.88. The van der Waals surface area contributed by atoms with Crippen LogP contribution in [0, 0.1) is 0 Å². The summed E-state index contributed by atoms with van der Waals surface area (Å²) in [7, 11) is 1.57. The van der Waals surface area contributed by atoms with Gasteiger partial charge in [-0.1, -0.05) is 60.7 Å². The van der Waals surface area contributed by atoms with Gasteiger partial charge in [-0.05, 0) is 29.3 Å². The van der Waals surface area contributed by atoms with Crippen molar-refractivity contribution in [2.45, 2.75) is 13.0 Å². The number of fused-ring (bicyclic) bond motifs is 1. The Labute approximate surface area is 163 Å². The van der Waals surface area contributed by atoms with E-state index in [0.717, 1.165) is 21.9 Å². The molecule has 0 aromatic heterocycles. The lowest BCUT2D eigenvalue weighted by Crippen LogP contribution is -2.39. The van der Waals surface area contributed by atoms with Crippen LogP contribution in [-0.4, -0.2) is 25.1 Å². The van der Waals surface area contributed by atoms with Gasteiger partial charge in [-0.2, -0.15) is 5.10 Å². The Morgan fingerprint density at radius 3 is 2.43 bits per heavy atom. The quantitative estimate of drug-likeness (QED) is 0.408. The first-order chi connectivity index (χ1) is 13.6. The molecule has 0 aliphatic carbocycles. The lowest BCUT2D eigenvalue weighted by Gasteiger charge is -2.13. The number of benzene rings is 3. The molecule has 2 amide bonds. The van der Waals surface area contributed by atoms with E-state index in [1.165, 1.54) is 6.21 Å². The largest absolute Gasteiger partial charge is 0.496 e. The third-order valence-electron chi connectivity index (χ3n) is 4.36. The molecule has 0 radical (unpaired) electrons. The lowest BCUT2D eigenvalue weighted by atomic mass is 10.0. The van der Waals surface area contributed by atoms with E-state index >= 15 is 0 Å². The summed E-state index contributed by atoms with van der Waals surface area (Å²) in [5.74, 6) is -0.963. The summed E-state index contributed by atoms with van der Waals surface area (Å²) in [6.07, 6.45) is 1.48. The Morgan fingerprint density at radius 1 is 0.964 bits per heavy atom. The van der Waals surface area contributed by atoms with E-state index in [4.69, 9.17) is 4.74 Å². The number of hydrogen-bond acceptors (Lipinski definition) is 4. The molecule has 0 heterocycles. The molecule has 3 aromatic carbocycles. The van der Waals surface area contributed by atoms with Crippen molar-refractivity contribution in [2.24, 2.45) is 5.10 Å². The minimum Gasteiger partial charge on any atom is -0.496 e. The van der Waals surface area contributed by atoms with Crippen molar-refractivity contribution in [1.82, 2.24) is 10.7 Å². The van der Waals surface area contributed by atoms with E-state index in [1.807, 2.05) is 73.7 Å². The third-order valence-corrected chi connectivity index (χ3v) is 4.36. The van der Waals surface area contributed by atoms with Crippen molar-refractivity contribution in [3.05, 3.63) is 77.9 Å². The van der Waals surface area contributed by atoms with Crippen LogP contribution in [0.3, 0.4) is 0 Å². The highest BCUT2D eigenvalue weighted by molar-refractivity contribution is 6.35. The lowest BCUT2D eigenvalue weighted by molar-refractivity contribution is -0.139. The minimum absolute atomic E-state index is 0.290. The van der Waals surface area contributed by atoms with Crippen LogP contribution in [0.5, 0.6) is 5.75 Å². The molecule has 142 valence electrons. The third kappa shape index (κ3) is 4.35. The van der Waals surface area contributed by atoms with Crippen LogP contribution in [0.4, 0.5) is 0 Å². The molecular weight excluding hydrogens is 354 g/mol. The van der Waals surface area contributed by atoms with E-state index < -0.39 is 11.8 Å². The first-order valence-electron chi connectivity index (χ1n) is 8.84. The summed E-state index contributed by atoms with van der Waals surface area (Å²) in [5, 5.41) is 8.53. The van der Waals surface area contributed by atoms with Crippen molar-refractivity contribution < 1.29 is 14.3 Å². The Kier molecular flexibility index (Phi) is 6.01. The first kappa shape index (κ1) is 19.1.